The van der Waals surface area contributed by atoms with Gasteiger partial charge in [0, 0.05) is 10.8 Å². The van der Waals surface area contributed by atoms with Crippen LogP contribution in [0.15, 0.2) is 81.1 Å². The molecule has 0 fully saturated rings. The number of carbonyl (C=O) groups is 1. The van der Waals surface area contributed by atoms with Crippen LogP contribution in [-0.2, 0) is 11.3 Å². The highest BCUT2D eigenvalue weighted by Gasteiger charge is 2.12. The van der Waals surface area contributed by atoms with Gasteiger partial charge in [-0.1, -0.05) is 24.3 Å². The van der Waals surface area contributed by atoms with E-state index < -0.39 is 0 Å². The molecular formula is C23H18BrN3O3. The first kappa shape index (κ1) is 19.8. The molecule has 0 unspecified atom stereocenters. The maximum absolute atomic E-state index is 12.8. The Morgan fingerprint density at radius 3 is 2.30 bits per heavy atom. The van der Waals surface area contributed by atoms with Gasteiger partial charge < -0.3 is 9.30 Å². The fraction of sp³-hybridized carbons (Fsp3) is 0.0870. The summed E-state index contributed by atoms with van der Waals surface area (Å²) >= 11 is 3.42. The molecule has 0 saturated heterocycles. The molecule has 7 heteroatoms. The predicted molar refractivity (Wildman–Crippen MR) is 122 cm³/mol. The molecule has 1 aromatic heterocycles. The number of hydrazone groups is 1. The lowest BCUT2D eigenvalue weighted by molar-refractivity contribution is -0.121. The molecule has 0 aliphatic heterocycles. The molecule has 0 bridgehead atoms. The largest absolute Gasteiger partial charge is 0.496 e. The number of ether oxygens (including phenoxy) is 1. The molecule has 0 aliphatic rings. The quantitative estimate of drug-likeness (QED) is 0.275. The molecule has 150 valence electrons. The van der Waals surface area contributed by atoms with Crippen LogP contribution >= 0.6 is 15.9 Å². The number of hydrogen-bond acceptors (Lipinski definition) is 4. The average molecular weight is 464 g/mol. The number of carbonyl (C=O) groups excluding carboxylic acids is 1. The van der Waals surface area contributed by atoms with E-state index >= 15 is 0 Å². The van der Waals surface area contributed by atoms with Crippen molar-refractivity contribution in [3.05, 3.63) is 87.0 Å². The average Bonchev–Trinajstić information content (AvgIpc) is 2.77. The standard InChI is InChI=1S/C23H18BrN3O3/c1-30-21-11-10-15(12-18(21)24)13-25-26-22(28)14-27-19-8-4-2-6-16(19)23(29)17-7-3-5-9-20(17)27/h2-13H,14H2,1H3,(H,26,28)/b25-13+. The zero-order valence-corrected chi connectivity index (χ0v) is 17.7. The minimum atomic E-state index is -0.294. The smallest absolute Gasteiger partial charge is 0.260 e. The zero-order chi connectivity index (χ0) is 21.1. The van der Waals surface area contributed by atoms with E-state index in [9.17, 15) is 9.59 Å². The molecule has 0 atom stereocenters. The first-order chi connectivity index (χ1) is 14.6. The highest BCUT2D eigenvalue weighted by Crippen LogP contribution is 2.24. The van der Waals surface area contributed by atoms with Crippen molar-refractivity contribution in [1.82, 2.24) is 9.99 Å². The van der Waals surface area contributed by atoms with Crippen LogP contribution < -0.4 is 15.6 Å². The molecule has 1 N–H and O–H groups in total. The van der Waals surface area contributed by atoms with Gasteiger partial charge in [-0.2, -0.15) is 5.10 Å². The lowest BCUT2D eigenvalue weighted by Crippen LogP contribution is -2.25. The fourth-order valence-electron chi connectivity index (χ4n) is 3.37. The van der Waals surface area contributed by atoms with Crippen molar-refractivity contribution >= 4 is 49.9 Å². The van der Waals surface area contributed by atoms with Crippen molar-refractivity contribution in [3.8, 4) is 5.75 Å². The third-order valence-corrected chi connectivity index (χ3v) is 5.38. The van der Waals surface area contributed by atoms with E-state index in [0.29, 0.717) is 27.6 Å². The van der Waals surface area contributed by atoms with E-state index in [0.717, 1.165) is 10.0 Å². The minimum Gasteiger partial charge on any atom is -0.496 e. The Kier molecular flexibility index (Phi) is 5.63. The Hall–Kier alpha value is -3.45. The molecular weight excluding hydrogens is 446 g/mol. The SMILES string of the molecule is COc1ccc(/C=N/NC(=O)Cn2c3ccccc3c(=O)c3ccccc32)cc1Br. The van der Waals surface area contributed by atoms with Crippen LogP contribution in [0, 0.1) is 0 Å². The number of nitrogens with one attached hydrogen (secondary N) is 1. The van der Waals surface area contributed by atoms with Crippen LogP contribution in [0.2, 0.25) is 0 Å². The minimum absolute atomic E-state index is 0.0327. The van der Waals surface area contributed by atoms with Crippen molar-refractivity contribution < 1.29 is 9.53 Å². The number of nitrogens with zero attached hydrogens (tertiary/aromatic N) is 2. The first-order valence-corrected chi connectivity index (χ1v) is 10.0. The predicted octanol–water partition coefficient (Wildman–Crippen LogP) is 4.08. The summed E-state index contributed by atoms with van der Waals surface area (Å²) in [6.45, 7) is 0.0327. The van der Waals surface area contributed by atoms with Gasteiger partial charge in [0.25, 0.3) is 5.91 Å². The Bertz CT molecular complexity index is 1280. The van der Waals surface area contributed by atoms with Crippen LogP contribution in [0.5, 0.6) is 5.75 Å². The van der Waals surface area contributed by atoms with Crippen molar-refractivity contribution in [2.45, 2.75) is 6.54 Å². The Labute approximate surface area is 180 Å². The van der Waals surface area contributed by atoms with Gasteiger partial charge in [0.05, 0.1) is 28.8 Å². The van der Waals surface area contributed by atoms with E-state index in [4.69, 9.17) is 4.74 Å². The van der Waals surface area contributed by atoms with E-state index in [-0.39, 0.29) is 17.9 Å². The van der Waals surface area contributed by atoms with Gasteiger partial charge in [0.2, 0.25) is 0 Å². The number of methoxy groups -OCH3 is 1. The normalized spacial score (nSPS) is 11.3. The summed E-state index contributed by atoms with van der Waals surface area (Å²) in [6.07, 6.45) is 1.56. The summed E-state index contributed by atoms with van der Waals surface area (Å²) in [4.78, 5) is 25.4. The molecule has 0 radical (unpaired) electrons. The van der Waals surface area contributed by atoms with Gasteiger partial charge in [-0.15, -0.1) is 0 Å². The maximum atomic E-state index is 12.8. The van der Waals surface area contributed by atoms with Gasteiger partial charge in [-0.05, 0) is 64.0 Å². The number of benzene rings is 3. The molecule has 4 rings (SSSR count). The number of hydrogen-bond donors (Lipinski definition) is 1. The van der Waals surface area contributed by atoms with Crippen LogP contribution in [0.4, 0.5) is 0 Å². The Morgan fingerprint density at radius 1 is 1.07 bits per heavy atom. The van der Waals surface area contributed by atoms with Crippen LogP contribution in [0.25, 0.3) is 21.8 Å². The molecule has 6 nitrogen and oxygen atoms in total. The summed E-state index contributed by atoms with van der Waals surface area (Å²) in [7, 11) is 1.60. The molecule has 30 heavy (non-hydrogen) atoms. The molecule has 0 saturated carbocycles. The highest BCUT2D eigenvalue weighted by atomic mass is 79.9. The molecule has 3 aromatic carbocycles. The van der Waals surface area contributed by atoms with Gasteiger partial charge in [-0.3, -0.25) is 9.59 Å². The van der Waals surface area contributed by atoms with Gasteiger partial charge >= 0.3 is 0 Å². The topological polar surface area (TPSA) is 72.7 Å². The Morgan fingerprint density at radius 2 is 1.70 bits per heavy atom. The molecule has 1 amide bonds. The number of rotatable bonds is 5. The van der Waals surface area contributed by atoms with Crippen molar-refractivity contribution in [2.24, 2.45) is 5.10 Å². The number of fused-ring (bicyclic) bond motifs is 2. The monoisotopic (exact) mass is 463 g/mol. The van der Waals surface area contributed by atoms with E-state index in [1.165, 1.54) is 0 Å². The highest BCUT2D eigenvalue weighted by molar-refractivity contribution is 9.10. The molecule has 0 aliphatic carbocycles. The molecule has 0 spiro atoms. The number of aromatic nitrogens is 1. The van der Waals surface area contributed by atoms with Gasteiger partial charge in [0.15, 0.2) is 5.43 Å². The lowest BCUT2D eigenvalue weighted by Gasteiger charge is -2.14. The van der Waals surface area contributed by atoms with E-state index in [1.807, 2.05) is 59.2 Å². The molecule has 1 heterocycles. The summed E-state index contributed by atoms with van der Waals surface area (Å²) in [6, 6.07) is 20.1. The van der Waals surface area contributed by atoms with E-state index in [2.05, 4.69) is 26.5 Å². The summed E-state index contributed by atoms with van der Waals surface area (Å²) in [5, 5.41) is 5.21. The lowest BCUT2D eigenvalue weighted by atomic mass is 10.1. The number of amides is 1. The van der Waals surface area contributed by atoms with Crippen molar-refractivity contribution in [3.63, 3.8) is 0 Å². The van der Waals surface area contributed by atoms with Crippen LogP contribution in [-0.4, -0.2) is 23.8 Å². The van der Waals surface area contributed by atoms with Crippen LogP contribution in [0.3, 0.4) is 0 Å². The zero-order valence-electron chi connectivity index (χ0n) is 16.1. The van der Waals surface area contributed by atoms with Gasteiger partial charge in [-0.25, -0.2) is 5.43 Å². The van der Waals surface area contributed by atoms with Crippen LogP contribution in [0.1, 0.15) is 5.56 Å². The first-order valence-electron chi connectivity index (χ1n) is 9.24. The third-order valence-electron chi connectivity index (χ3n) is 4.76. The maximum Gasteiger partial charge on any atom is 0.260 e. The third kappa shape index (κ3) is 3.84. The number of para-hydroxylation sites is 2. The molecule has 4 aromatic rings. The van der Waals surface area contributed by atoms with E-state index in [1.54, 1.807) is 25.5 Å². The number of pyridine rings is 1. The van der Waals surface area contributed by atoms with Crippen molar-refractivity contribution in [1.29, 1.82) is 0 Å². The summed E-state index contributed by atoms with van der Waals surface area (Å²) in [5.41, 5.74) is 4.74. The van der Waals surface area contributed by atoms with Gasteiger partial charge in [0.1, 0.15) is 12.3 Å². The fourth-order valence-corrected chi connectivity index (χ4v) is 3.93. The second kappa shape index (κ2) is 8.51. The second-order valence-electron chi connectivity index (χ2n) is 6.64. The Balaban J connectivity index is 1.61. The summed E-state index contributed by atoms with van der Waals surface area (Å²) in [5.74, 6) is 0.422. The number of halogens is 1. The van der Waals surface area contributed by atoms with Crippen molar-refractivity contribution in [2.75, 3.05) is 7.11 Å². The summed E-state index contributed by atoms with van der Waals surface area (Å²) < 4.78 is 7.83. The second-order valence-corrected chi connectivity index (χ2v) is 7.49.